The molecule has 2 N–H and O–H groups in total. The number of guanidine groups is 1. The quantitative estimate of drug-likeness (QED) is 0.622. The summed E-state index contributed by atoms with van der Waals surface area (Å²) in [4.78, 5) is 3.88. The van der Waals surface area contributed by atoms with E-state index >= 15 is 0 Å². The summed E-state index contributed by atoms with van der Waals surface area (Å²) in [6.07, 6.45) is -4.49. The van der Waals surface area contributed by atoms with Gasteiger partial charge in [0.15, 0.2) is 17.5 Å². The zero-order chi connectivity index (χ0) is 17.6. The third-order valence-electron chi connectivity index (χ3n) is 3.29. The van der Waals surface area contributed by atoms with Crippen LogP contribution >= 0.6 is 11.6 Å². The predicted molar refractivity (Wildman–Crippen MR) is 86.2 cm³/mol. The minimum atomic E-state index is -4.19. The number of hydrogen-bond acceptors (Lipinski definition) is 3. The van der Waals surface area contributed by atoms with E-state index in [1.165, 1.54) is 7.05 Å². The summed E-state index contributed by atoms with van der Waals surface area (Å²) < 4.78 is 47.3. The number of halogens is 4. The molecule has 0 aliphatic carbocycles. The molecule has 24 heavy (non-hydrogen) atoms. The van der Waals surface area contributed by atoms with E-state index in [2.05, 4.69) is 15.6 Å². The monoisotopic (exact) mass is 365 g/mol. The molecular formula is C15H19ClF3N3O2. The maximum absolute atomic E-state index is 12.1. The molecule has 1 aromatic carbocycles. The molecule has 1 aliphatic heterocycles. The first kappa shape index (κ1) is 18.5. The average molecular weight is 366 g/mol. The van der Waals surface area contributed by atoms with Crippen LogP contribution < -0.4 is 20.1 Å². The van der Waals surface area contributed by atoms with Gasteiger partial charge in [0.2, 0.25) is 0 Å². The van der Waals surface area contributed by atoms with Gasteiger partial charge >= 0.3 is 6.18 Å². The lowest BCUT2D eigenvalue weighted by molar-refractivity contribution is -0.132. The first-order valence-corrected chi connectivity index (χ1v) is 7.86. The summed E-state index contributed by atoms with van der Waals surface area (Å²) in [6, 6.07) is 3.64. The van der Waals surface area contributed by atoms with Gasteiger partial charge in [-0.15, -0.1) is 0 Å². The van der Waals surface area contributed by atoms with E-state index in [0.29, 0.717) is 48.7 Å². The number of hydrogen-bond donors (Lipinski definition) is 2. The normalized spacial score (nSPS) is 14.5. The summed E-state index contributed by atoms with van der Waals surface area (Å²) in [5.74, 6) is 1.48. The molecule has 0 unspecified atom stereocenters. The van der Waals surface area contributed by atoms with Crippen molar-refractivity contribution in [1.29, 1.82) is 0 Å². The Kier molecular flexibility index (Phi) is 6.42. The van der Waals surface area contributed by atoms with Crippen molar-refractivity contribution in [3.63, 3.8) is 0 Å². The Morgan fingerprint density at radius 2 is 1.92 bits per heavy atom. The third kappa shape index (κ3) is 5.67. The maximum Gasteiger partial charge on any atom is 0.390 e. The highest BCUT2D eigenvalue weighted by Gasteiger charge is 2.26. The molecule has 1 heterocycles. The lowest BCUT2D eigenvalue weighted by Gasteiger charge is -2.20. The van der Waals surface area contributed by atoms with Gasteiger partial charge in [0.05, 0.1) is 11.4 Å². The van der Waals surface area contributed by atoms with Crippen LogP contribution in [0, 0.1) is 0 Å². The number of alkyl halides is 3. The topological polar surface area (TPSA) is 54.9 Å². The molecule has 134 valence electrons. The molecular weight excluding hydrogens is 347 g/mol. The fourth-order valence-electron chi connectivity index (χ4n) is 2.18. The molecule has 5 nitrogen and oxygen atoms in total. The summed E-state index contributed by atoms with van der Waals surface area (Å²) in [6.45, 7) is 1.20. The van der Waals surface area contributed by atoms with Crippen LogP contribution in [0.25, 0.3) is 0 Å². The van der Waals surface area contributed by atoms with Gasteiger partial charge < -0.3 is 20.1 Å². The first-order valence-electron chi connectivity index (χ1n) is 7.48. The molecule has 0 saturated heterocycles. The van der Waals surface area contributed by atoms with Crippen LogP contribution in [-0.2, 0) is 6.42 Å². The molecule has 1 aliphatic rings. The van der Waals surface area contributed by atoms with Crippen LogP contribution in [0.15, 0.2) is 17.1 Å². The number of aliphatic imine (C=N–C) groups is 1. The summed E-state index contributed by atoms with van der Waals surface area (Å²) >= 11 is 6.16. The van der Waals surface area contributed by atoms with Gasteiger partial charge in [-0.25, -0.2) is 0 Å². The van der Waals surface area contributed by atoms with Crippen molar-refractivity contribution in [2.24, 2.45) is 4.99 Å². The average Bonchev–Trinajstić information content (AvgIpc) is 2.52. The Labute approximate surface area is 143 Å². The zero-order valence-corrected chi connectivity index (χ0v) is 13.9. The molecule has 0 fully saturated rings. The van der Waals surface area contributed by atoms with Crippen molar-refractivity contribution < 1.29 is 22.6 Å². The Balaban J connectivity index is 1.81. The van der Waals surface area contributed by atoms with Crippen LogP contribution in [0.3, 0.4) is 0 Å². The second-order valence-corrected chi connectivity index (χ2v) is 5.55. The van der Waals surface area contributed by atoms with E-state index in [-0.39, 0.29) is 6.54 Å². The van der Waals surface area contributed by atoms with Gasteiger partial charge in [0.1, 0.15) is 13.2 Å². The Bertz CT molecular complexity index is 594. The minimum Gasteiger partial charge on any atom is -0.486 e. The summed E-state index contributed by atoms with van der Waals surface area (Å²) in [5.41, 5.74) is 0.933. The summed E-state index contributed by atoms with van der Waals surface area (Å²) in [5, 5.41) is 6.06. The number of fused-ring (bicyclic) bond motifs is 1. The van der Waals surface area contributed by atoms with Crippen molar-refractivity contribution in [3.05, 3.63) is 22.7 Å². The molecule has 9 heteroatoms. The van der Waals surface area contributed by atoms with Gasteiger partial charge in [-0.2, -0.15) is 13.2 Å². The summed E-state index contributed by atoms with van der Waals surface area (Å²) in [7, 11) is 1.50. The lowest BCUT2D eigenvalue weighted by atomic mass is 10.1. The Hall–Kier alpha value is -1.83. The number of benzene rings is 1. The highest BCUT2D eigenvalue weighted by Crippen LogP contribution is 2.38. The van der Waals surface area contributed by atoms with Crippen LogP contribution in [-0.4, -0.2) is 45.5 Å². The Morgan fingerprint density at radius 3 is 2.62 bits per heavy atom. The molecule has 0 atom stereocenters. The second kappa shape index (κ2) is 8.32. The number of nitrogens with one attached hydrogen (secondary N) is 2. The van der Waals surface area contributed by atoms with Crippen molar-refractivity contribution in [2.45, 2.75) is 19.0 Å². The van der Waals surface area contributed by atoms with Crippen molar-refractivity contribution >= 4 is 17.6 Å². The minimum absolute atomic E-state index is 0.223. The first-order chi connectivity index (χ1) is 11.4. The van der Waals surface area contributed by atoms with Crippen LogP contribution in [0.2, 0.25) is 5.02 Å². The molecule has 0 aromatic heterocycles. The van der Waals surface area contributed by atoms with Gasteiger partial charge in [-0.3, -0.25) is 4.99 Å². The van der Waals surface area contributed by atoms with Crippen LogP contribution in [0.4, 0.5) is 13.2 Å². The molecule has 0 amide bonds. The molecule has 0 bridgehead atoms. The molecule has 1 aromatic rings. The standard InChI is InChI=1S/C15H19ClF3N3O2/c1-20-14(22-5-3-15(17,18)19)21-4-2-10-8-11(16)13-12(9-10)23-6-7-24-13/h8-9H,2-7H2,1H3,(H2,20,21,22). The molecule has 2 rings (SSSR count). The maximum atomic E-state index is 12.1. The van der Waals surface area contributed by atoms with E-state index in [4.69, 9.17) is 21.1 Å². The van der Waals surface area contributed by atoms with Gasteiger partial charge in [-0.1, -0.05) is 11.6 Å². The van der Waals surface area contributed by atoms with Crippen LogP contribution in [0.5, 0.6) is 11.5 Å². The van der Waals surface area contributed by atoms with Gasteiger partial charge in [0, 0.05) is 20.1 Å². The fraction of sp³-hybridized carbons (Fsp3) is 0.533. The predicted octanol–water partition coefficient (Wildman–Crippen LogP) is 2.77. The highest BCUT2D eigenvalue weighted by atomic mass is 35.5. The van der Waals surface area contributed by atoms with Crippen molar-refractivity contribution in [1.82, 2.24) is 10.6 Å². The van der Waals surface area contributed by atoms with E-state index in [1.807, 2.05) is 6.07 Å². The third-order valence-corrected chi connectivity index (χ3v) is 3.57. The van der Waals surface area contributed by atoms with E-state index in [0.717, 1.165) is 5.56 Å². The highest BCUT2D eigenvalue weighted by molar-refractivity contribution is 6.32. The fourth-order valence-corrected chi connectivity index (χ4v) is 2.46. The van der Waals surface area contributed by atoms with E-state index in [9.17, 15) is 13.2 Å². The number of rotatable bonds is 5. The van der Waals surface area contributed by atoms with Crippen molar-refractivity contribution in [3.8, 4) is 11.5 Å². The van der Waals surface area contributed by atoms with Gasteiger partial charge in [-0.05, 0) is 24.1 Å². The van der Waals surface area contributed by atoms with Gasteiger partial charge in [0.25, 0.3) is 0 Å². The SMILES string of the molecule is CN=C(NCCc1cc(Cl)c2c(c1)OCCO2)NCCC(F)(F)F. The number of nitrogens with zero attached hydrogens (tertiary/aromatic N) is 1. The second-order valence-electron chi connectivity index (χ2n) is 5.14. The van der Waals surface area contributed by atoms with Crippen molar-refractivity contribution in [2.75, 3.05) is 33.4 Å². The lowest BCUT2D eigenvalue weighted by Crippen LogP contribution is -2.39. The molecule has 0 radical (unpaired) electrons. The zero-order valence-electron chi connectivity index (χ0n) is 13.2. The Morgan fingerprint density at radius 1 is 1.21 bits per heavy atom. The number of ether oxygens (including phenoxy) is 2. The van der Waals surface area contributed by atoms with E-state index in [1.54, 1.807) is 6.07 Å². The van der Waals surface area contributed by atoms with Crippen LogP contribution in [0.1, 0.15) is 12.0 Å². The van der Waals surface area contributed by atoms with E-state index < -0.39 is 12.6 Å². The molecule has 0 spiro atoms. The molecule has 0 saturated carbocycles. The largest absolute Gasteiger partial charge is 0.486 e. The smallest absolute Gasteiger partial charge is 0.390 e.